The molecule has 3 rings (SSSR count). The van der Waals surface area contributed by atoms with Gasteiger partial charge < -0.3 is 15.4 Å². The van der Waals surface area contributed by atoms with E-state index in [9.17, 15) is 9.18 Å². The van der Waals surface area contributed by atoms with Crippen molar-refractivity contribution in [3.05, 3.63) is 28.9 Å². The molecule has 2 aromatic rings. The van der Waals surface area contributed by atoms with Gasteiger partial charge in [-0.05, 0) is 18.2 Å². The molecule has 0 atom stereocenters. The molecule has 0 aliphatic carbocycles. The molecule has 1 aromatic carbocycles. The van der Waals surface area contributed by atoms with E-state index in [-0.39, 0.29) is 11.7 Å². The largest absolute Gasteiger partial charge is 0.397 e. The average molecular weight is 280 g/mol. The molecule has 1 aliphatic rings. The van der Waals surface area contributed by atoms with Crippen molar-refractivity contribution in [2.24, 2.45) is 0 Å². The van der Waals surface area contributed by atoms with Gasteiger partial charge in [0.05, 0.1) is 18.9 Å². The van der Waals surface area contributed by atoms with Crippen LogP contribution in [0.2, 0.25) is 0 Å². The highest BCUT2D eigenvalue weighted by Crippen LogP contribution is 2.34. The summed E-state index contributed by atoms with van der Waals surface area (Å²) < 4.78 is 19.3. The summed E-state index contributed by atoms with van der Waals surface area (Å²) in [5, 5.41) is 0.613. The van der Waals surface area contributed by atoms with Crippen molar-refractivity contribution in [1.29, 1.82) is 0 Å². The molecular weight excluding hydrogens is 267 g/mol. The minimum absolute atomic E-state index is 0.0950. The highest BCUT2D eigenvalue weighted by molar-refractivity contribution is 7.21. The number of nitrogens with zero attached hydrogens (tertiary/aromatic N) is 1. The first-order valence-corrected chi connectivity index (χ1v) is 6.83. The van der Waals surface area contributed by atoms with Gasteiger partial charge in [-0.15, -0.1) is 11.3 Å². The summed E-state index contributed by atoms with van der Waals surface area (Å²) >= 11 is 1.31. The lowest BCUT2D eigenvalue weighted by Gasteiger charge is -2.26. The third-order valence-corrected chi connectivity index (χ3v) is 4.36. The third kappa shape index (κ3) is 2.17. The second kappa shape index (κ2) is 4.79. The first-order chi connectivity index (χ1) is 9.16. The summed E-state index contributed by atoms with van der Waals surface area (Å²) in [6, 6.07) is 4.40. The minimum Gasteiger partial charge on any atom is -0.397 e. The topological polar surface area (TPSA) is 55.6 Å². The number of ether oxygens (including phenoxy) is 1. The Labute approximate surface area is 113 Å². The van der Waals surface area contributed by atoms with Gasteiger partial charge in [0, 0.05) is 23.2 Å². The number of carbonyl (C=O) groups is 1. The van der Waals surface area contributed by atoms with E-state index in [1.807, 2.05) is 0 Å². The number of nitrogen functional groups attached to an aromatic ring is 1. The smallest absolute Gasteiger partial charge is 0.266 e. The van der Waals surface area contributed by atoms with Crippen molar-refractivity contribution in [2.45, 2.75) is 0 Å². The molecule has 0 saturated carbocycles. The zero-order chi connectivity index (χ0) is 13.4. The van der Waals surface area contributed by atoms with Crippen LogP contribution in [-0.4, -0.2) is 37.1 Å². The number of halogens is 1. The lowest BCUT2D eigenvalue weighted by molar-refractivity contribution is 0.0307. The van der Waals surface area contributed by atoms with Gasteiger partial charge in [0.2, 0.25) is 0 Å². The normalized spacial score (nSPS) is 15.9. The minimum atomic E-state index is -0.345. The maximum Gasteiger partial charge on any atom is 0.266 e. The molecule has 1 amide bonds. The van der Waals surface area contributed by atoms with Gasteiger partial charge >= 0.3 is 0 Å². The van der Waals surface area contributed by atoms with E-state index in [0.717, 1.165) is 4.70 Å². The van der Waals surface area contributed by atoms with Crippen molar-refractivity contribution < 1.29 is 13.9 Å². The Bertz CT molecular complexity index is 635. The number of hydrogen-bond donors (Lipinski definition) is 1. The van der Waals surface area contributed by atoms with Crippen molar-refractivity contribution in [2.75, 3.05) is 32.0 Å². The van der Waals surface area contributed by atoms with Crippen LogP contribution in [0.25, 0.3) is 10.1 Å². The van der Waals surface area contributed by atoms with E-state index in [1.165, 1.54) is 23.5 Å². The van der Waals surface area contributed by atoms with Gasteiger partial charge in [-0.25, -0.2) is 4.39 Å². The molecule has 0 radical (unpaired) electrons. The zero-order valence-corrected chi connectivity index (χ0v) is 11.0. The molecule has 2 N–H and O–H groups in total. The lowest BCUT2D eigenvalue weighted by atomic mass is 10.2. The van der Waals surface area contributed by atoms with Gasteiger partial charge in [0.25, 0.3) is 5.91 Å². The maximum absolute atomic E-state index is 13.2. The molecule has 2 heterocycles. The number of hydrogen-bond acceptors (Lipinski definition) is 4. The number of thiophene rings is 1. The fourth-order valence-electron chi connectivity index (χ4n) is 2.16. The summed E-state index contributed by atoms with van der Waals surface area (Å²) in [6.45, 7) is 2.23. The van der Waals surface area contributed by atoms with Crippen LogP contribution >= 0.6 is 11.3 Å². The van der Waals surface area contributed by atoms with E-state index in [0.29, 0.717) is 42.3 Å². The Balaban J connectivity index is 2.00. The Morgan fingerprint density at radius 2 is 2.11 bits per heavy atom. The maximum atomic E-state index is 13.2. The van der Waals surface area contributed by atoms with Crippen molar-refractivity contribution in [3.8, 4) is 0 Å². The summed E-state index contributed by atoms with van der Waals surface area (Å²) in [6.07, 6.45) is 0. The predicted octanol–water partition coefficient (Wildman–Crippen LogP) is 2.09. The van der Waals surface area contributed by atoms with E-state index in [2.05, 4.69) is 0 Å². The number of anilines is 1. The van der Waals surface area contributed by atoms with Gasteiger partial charge in [-0.2, -0.15) is 0 Å². The molecule has 6 heteroatoms. The predicted molar refractivity (Wildman–Crippen MR) is 72.9 cm³/mol. The Hall–Kier alpha value is -1.66. The summed E-state index contributed by atoms with van der Waals surface area (Å²) in [4.78, 5) is 14.6. The van der Waals surface area contributed by atoms with Gasteiger partial charge in [0.15, 0.2) is 0 Å². The molecule has 4 nitrogen and oxygen atoms in total. The van der Waals surface area contributed by atoms with E-state index in [1.54, 1.807) is 11.0 Å². The van der Waals surface area contributed by atoms with Crippen molar-refractivity contribution >= 4 is 33.0 Å². The SMILES string of the molecule is Nc1c(C(=O)N2CCOCC2)sc2ccc(F)cc12. The Kier molecular flexibility index (Phi) is 3.12. The van der Waals surface area contributed by atoms with Crippen molar-refractivity contribution in [3.63, 3.8) is 0 Å². The van der Waals surface area contributed by atoms with E-state index in [4.69, 9.17) is 10.5 Å². The van der Waals surface area contributed by atoms with Crippen LogP contribution in [0.5, 0.6) is 0 Å². The lowest BCUT2D eigenvalue weighted by Crippen LogP contribution is -2.40. The number of morpholine rings is 1. The molecule has 0 bridgehead atoms. The third-order valence-electron chi connectivity index (χ3n) is 3.18. The molecule has 1 aliphatic heterocycles. The molecule has 1 fully saturated rings. The van der Waals surface area contributed by atoms with Crippen LogP contribution in [0, 0.1) is 5.82 Å². The van der Waals surface area contributed by atoms with Crippen LogP contribution in [0.1, 0.15) is 9.67 Å². The first kappa shape index (κ1) is 12.4. The van der Waals surface area contributed by atoms with Crippen LogP contribution in [0.15, 0.2) is 18.2 Å². The van der Waals surface area contributed by atoms with Gasteiger partial charge in [-0.1, -0.05) is 0 Å². The molecule has 1 saturated heterocycles. The molecule has 0 unspecified atom stereocenters. The molecule has 1 aromatic heterocycles. The standard InChI is InChI=1S/C13H13FN2O2S/c14-8-1-2-10-9(7-8)11(15)12(19-10)13(17)16-3-5-18-6-4-16/h1-2,7H,3-6,15H2. The average Bonchev–Trinajstić information content (AvgIpc) is 2.76. The molecule has 100 valence electrons. The number of benzene rings is 1. The summed E-state index contributed by atoms with van der Waals surface area (Å²) in [5.41, 5.74) is 6.35. The van der Waals surface area contributed by atoms with Crippen LogP contribution in [0.3, 0.4) is 0 Å². The van der Waals surface area contributed by atoms with E-state index < -0.39 is 0 Å². The van der Waals surface area contributed by atoms with Crippen LogP contribution in [-0.2, 0) is 4.74 Å². The van der Waals surface area contributed by atoms with Crippen LogP contribution < -0.4 is 5.73 Å². The fourth-order valence-corrected chi connectivity index (χ4v) is 3.23. The number of rotatable bonds is 1. The monoisotopic (exact) mass is 280 g/mol. The number of amides is 1. The molecule has 0 spiro atoms. The zero-order valence-electron chi connectivity index (χ0n) is 10.2. The highest BCUT2D eigenvalue weighted by atomic mass is 32.1. The summed E-state index contributed by atoms with van der Waals surface area (Å²) in [5.74, 6) is -0.440. The second-order valence-corrected chi connectivity index (χ2v) is 5.44. The number of carbonyl (C=O) groups excluding carboxylic acids is 1. The van der Waals surface area contributed by atoms with Crippen LogP contribution in [0.4, 0.5) is 10.1 Å². The quantitative estimate of drug-likeness (QED) is 0.870. The number of fused-ring (bicyclic) bond motifs is 1. The van der Waals surface area contributed by atoms with Gasteiger partial charge in [0.1, 0.15) is 10.7 Å². The Morgan fingerprint density at radius 3 is 2.84 bits per heavy atom. The molecular formula is C13H13FN2O2S. The van der Waals surface area contributed by atoms with Gasteiger partial charge in [-0.3, -0.25) is 4.79 Å². The molecule has 19 heavy (non-hydrogen) atoms. The first-order valence-electron chi connectivity index (χ1n) is 6.01. The number of nitrogens with two attached hydrogens (primary N) is 1. The van der Waals surface area contributed by atoms with Crippen molar-refractivity contribution in [1.82, 2.24) is 4.90 Å². The summed E-state index contributed by atoms with van der Waals surface area (Å²) in [7, 11) is 0. The van der Waals surface area contributed by atoms with E-state index >= 15 is 0 Å². The fraction of sp³-hybridized carbons (Fsp3) is 0.308. The Morgan fingerprint density at radius 1 is 1.37 bits per heavy atom. The highest BCUT2D eigenvalue weighted by Gasteiger charge is 2.23. The second-order valence-electron chi connectivity index (χ2n) is 4.39.